The van der Waals surface area contributed by atoms with E-state index in [0.29, 0.717) is 0 Å². The molecule has 2 heteroatoms. The zero-order valence-electron chi connectivity index (χ0n) is 18.9. The van der Waals surface area contributed by atoms with Crippen molar-refractivity contribution in [3.05, 3.63) is 73.3 Å². The third-order valence-corrected chi connectivity index (χ3v) is 5.87. The van der Waals surface area contributed by atoms with E-state index in [1.54, 1.807) is 0 Å². The highest BCUT2D eigenvalue weighted by Gasteiger charge is 2.10. The van der Waals surface area contributed by atoms with Crippen molar-refractivity contribution < 1.29 is 9.13 Å². The van der Waals surface area contributed by atoms with Gasteiger partial charge in [-0.15, -0.1) is 0 Å². The Hall–Kier alpha value is -2.48. The lowest BCUT2D eigenvalue weighted by Crippen LogP contribution is -2.32. The molecule has 0 aliphatic heterocycles. The first-order valence-corrected chi connectivity index (χ1v) is 11.9. The van der Waals surface area contributed by atoms with Crippen LogP contribution >= 0.6 is 0 Å². The summed E-state index contributed by atoms with van der Waals surface area (Å²) in [4.78, 5) is 0. The van der Waals surface area contributed by atoms with E-state index in [4.69, 9.17) is 0 Å². The van der Waals surface area contributed by atoms with Crippen LogP contribution in [-0.4, -0.2) is 0 Å². The van der Waals surface area contributed by atoms with Crippen molar-refractivity contribution in [1.29, 1.82) is 0 Å². The number of unbranched alkanes of at least 4 members (excludes halogenated alkanes) is 6. The van der Waals surface area contributed by atoms with Gasteiger partial charge < -0.3 is 0 Å². The molecule has 0 saturated carbocycles. The normalized spacial score (nSPS) is 11.0. The first-order chi connectivity index (χ1) is 14.8. The minimum absolute atomic E-state index is 1.11. The molecule has 0 spiro atoms. The highest BCUT2D eigenvalue weighted by molar-refractivity contribution is 5.82. The number of hydrogen-bond donors (Lipinski definition) is 0. The van der Waals surface area contributed by atoms with Crippen molar-refractivity contribution in [2.24, 2.45) is 0 Å². The minimum Gasteiger partial charge on any atom is -0.205 e. The fourth-order valence-corrected chi connectivity index (χ4v) is 4.00. The summed E-state index contributed by atoms with van der Waals surface area (Å²) in [6.45, 7) is 6.75. The van der Waals surface area contributed by atoms with E-state index in [1.807, 2.05) is 0 Å². The van der Waals surface area contributed by atoms with Gasteiger partial charge in [0.15, 0.2) is 24.8 Å². The molecule has 0 N–H and O–H groups in total. The van der Waals surface area contributed by atoms with Crippen LogP contribution in [0.1, 0.15) is 65.2 Å². The second kappa shape index (κ2) is 12.3. The van der Waals surface area contributed by atoms with E-state index < -0.39 is 0 Å². The molecule has 2 aromatic heterocycles. The number of rotatable bonds is 12. The largest absolute Gasteiger partial charge is 0.205 e. The number of pyridine rings is 2. The minimum atomic E-state index is 1.11. The van der Waals surface area contributed by atoms with Gasteiger partial charge in [-0.2, -0.15) is 0 Å². The Labute approximate surface area is 183 Å². The molecular weight excluding hydrogens is 364 g/mol. The Kier molecular flexibility index (Phi) is 9.08. The van der Waals surface area contributed by atoms with Gasteiger partial charge in [0.1, 0.15) is 13.1 Å². The van der Waals surface area contributed by atoms with Gasteiger partial charge in [-0.1, -0.05) is 63.8 Å². The Morgan fingerprint density at radius 3 is 1.27 bits per heavy atom. The quantitative estimate of drug-likeness (QED) is 0.234. The number of aromatic nitrogens is 2. The van der Waals surface area contributed by atoms with E-state index in [2.05, 4.69) is 96.3 Å². The summed E-state index contributed by atoms with van der Waals surface area (Å²) in [6.07, 6.45) is 19.3. The fraction of sp³-hybridized carbons (Fsp3) is 0.429. The lowest BCUT2D eigenvalue weighted by molar-refractivity contribution is -0.697. The SMILES string of the molecule is CCCCCC[n+]1ccc(-c2ccccc2-c2cc[n+](CCCCCC)cc2)cc1. The molecule has 0 amide bonds. The average Bonchev–Trinajstić information content (AvgIpc) is 2.80. The van der Waals surface area contributed by atoms with Crippen molar-refractivity contribution in [2.75, 3.05) is 0 Å². The summed E-state index contributed by atoms with van der Waals surface area (Å²) in [5.41, 5.74) is 5.17. The van der Waals surface area contributed by atoms with Crippen LogP contribution in [0.4, 0.5) is 0 Å². The molecule has 0 unspecified atom stereocenters. The number of hydrogen-bond acceptors (Lipinski definition) is 0. The van der Waals surface area contributed by atoms with Gasteiger partial charge >= 0.3 is 0 Å². The summed E-state index contributed by atoms with van der Waals surface area (Å²) in [5, 5.41) is 0. The molecule has 0 aliphatic rings. The van der Waals surface area contributed by atoms with Gasteiger partial charge in [0.25, 0.3) is 0 Å². The maximum atomic E-state index is 2.31. The van der Waals surface area contributed by atoms with Gasteiger partial charge in [-0.05, 0) is 35.1 Å². The van der Waals surface area contributed by atoms with E-state index >= 15 is 0 Å². The van der Waals surface area contributed by atoms with Crippen molar-refractivity contribution in [3.8, 4) is 22.3 Å². The molecule has 0 aliphatic carbocycles. The maximum Gasteiger partial charge on any atom is 0.169 e. The predicted octanol–water partition coefficient (Wildman–Crippen LogP) is 6.76. The molecule has 1 aromatic carbocycles. The molecule has 0 bridgehead atoms. The van der Waals surface area contributed by atoms with Crippen LogP contribution in [0.15, 0.2) is 73.3 Å². The zero-order valence-corrected chi connectivity index (χ0v) is 18.9. The Morgan fingerprint density at radius 1 is 0.500 bits per heavy atom. The van der Waals surface area contributed by atoms with Gasteiger partial charge in [0.2, 0.25) is 0 Å². The zero-order chi connectivity index (χ0) is 21.0. The lowest BCUT2D eigenvalue weighted by atomic mass is 9.96. The van der Waals surface area contributed by atoms with Crippen LogP contribution in [-0.2, 0) is 13.1 Å². The first-order valence-electron chi connectivity index (χ1n) is 11.9. The van der Waals surface area contributed by atoms with Crippen LogP contribution in [0.2, 0.25) is 0 Å². The van der Waals surface area contributed by atoms with E-state index in [1.165, 1.54) is 73.6 Å². The molecule has 3 aromatic rings. The third kappa shape index (κ3) is 6.52. The number of benzene rings is 1. The molecule has 3 rings (SSSR count). The topological polar surface area (TPSA) is 7.76 Å². The van der Waals surface area contributed by atoms with Crippen molar-refractivity contribution in [2.45, 2.75) is 78.3 Å². The Morgan fingerprint density at radius 2 is 0.900 bits per heavy atom. The van der Waals surface area contributed by atoms with Crippen LogP contribution in [0.5, 0.6) is 0 Å². The maximum absolute atomic E-state index is 2.31. The van der Waals surface area contributed by atoms with Crippen LogP contribution < -0.4 is 9.13 Å². The summed E-state index contributed by atoms with van der Waals surface area (Å²) in [7, 11) is 0. The van der Waals surface area contributed by atoms with Crippen molar-refractivity contribution in [3.63, 3.8) is 0 Å². The summed E-state index contributed by atoms with van der Waals surface area (Å²) in [5.74, 6) is 0. The Bertz CT molecular complexity index is 791. The second-order valence-corrected chi connectivity index (χ2v) is 8.32. The smallest absolute Gasteiger partial charge is 0.169 e. The van der Waals surface area contributed by atoms with Crippen molar-refractivity contribution >= 4 is 0 Å². The molecule has 2 heterocycles. The summed E-state index contributed by atoms with van der Waals surface area (Å²) in [6, 6.07) is 17.8. The molecule has 2 nitrogen and oxygen atoms in total. The summed E-state index contributed by atoms with van der Waals surface area (Å²) >= 11 is 0. The van der Waals surface area contributed by atoms with Crippen molar-refractivity contribution in [1.82, 2.24) is 0 Å². The lowest BCUT2D eigenvalue weighted by Gasteiger charge is -2.09. The molecule has 0 saturated heterocycles. The first kappa shape index (κ1) is 22.2. The van der Waals surface area contributed by atoms with Crippen LogP contribution in [0, 0.1) is 0 Å². The van der Waals surface area contributed by atoms with Gasteiger partial charge in [0, 0.05) is 37.1 Å². The van der Waals surface area contributed by atoms with Crippen LogP contribution in [0.3, 0.4) is 0 Å². The highest BCUT2D eigenvalue weighted by atomic mass is 14.9. The summed E-state index contributed by atoms with van der Waals surface area (Å²) < 4.78 is 4.62. The van der Waals surface area contributed by atoms with Gasteiger partial charge in [0.05, 0.1) is 0 Å². The average molecular weight is 403 g/mol. The van der Waals surface area contributed by atoms with E-state index in [0.717, 1.165) is 13.1 Å². The van der Waals surface area contributed by atoms with E-state index in [-0.39, 0.29) is 0 Å². The van der Waals surface area contributed by atoms with E-state index in [9.17, 15) is 0 Å². The second-order valence-electron chi connectivity index (χ2n) is 8.32. The highest BCUT2D eigenvalue weighted by Crippen LogP contribution is 2.30. The molecule has 30 heavy (non-hydrogen) atoms. The van der Waals surface area contributed by atoms with Gasteiger partial charge in [-0.25, -0.2) is 9.13 Å². The third-order valence-electron chi connectivity index (χ3n) is 5.87. The number of nitrogens with zero attached hydrogens (tertiary/aromatic N) is 2. The monoisotopic (exact) mass is 402 g/mol. The molecule has 0 radical (unpaired) electrons. The predicted molar refractivity (Wildman–Crippen MR) is 126 cm³/mol. The Balaban J connectivity index is 1.70. The molecular formula is C28H38N2+2. The number of aryl methyl sites for hydroxylation is 2. The molecule has 0 atom stereocenters. The standard InChI is InChI=1S/C28H38N2/c1-3-5-7-11-19-29-21-15-25(16-22-29)27-13-9-10-14-28(27)26-17-23-30(24-18-26)20-12-8-6-4-2/h9-10,13-18,21-24H,3-8,11-12,19-20H2,1-2H3/q+2. The van der Waals surface area contributed by atoms with Gasteiger partial charge in [-0.3, -0.25) is 0 Å². The molecule has 158 valence electrons. The molecule has 0 fully saturated rings. The fourth-order valence-electron chi connectivity index (χ4n) is 4.00. The van der Waals surface area contributed by atoms with Crippen LogP contribution in [0.25, 0.3) is 22.3 Å².